The van der Waals surface area contributed by atoms with Gasteiger partial charge in [0, 0.05) is 31.3 Å². The van der Waals surface area contributed by atoms with Crippen LogP contribution in [0.25, 0.3) is 0 Å². The smallest absolute Gasteiger partial charge is 0.235 e. The van der Waals surface area contributed by atoms with E-state index in [2.05, 4.69) is 51.4 Å². The minimum absolute atomic E-state index is 0.217. The van der Waals surface area contributed by atoms with Gasteiger partial charge in [-0.3, -0.25) is 4.90 Å². The highest BCUT2D eigenvalue weighted by Crippen LogP contribution is 2.23. The minimum Gasteiger partial charge on any atom is -0.412 e. The van der Waals surface area contributed by atoms with Crippen LogP contribution in [-0.2, 0) is 4.43 Å². The van der Waals surface area contributed by atoms with E-state index in [1.165, 1.54) is 0 Å². The number of rotatable bonds is 5. The largest absolute Gasteiger partial charge is 0.412 e. The Balaban J connectivity index is 4.17. The first-order chi connectivity index (χ1) is 6.69. The summed E-state index contributed by atoms with van der Waals surface area (Å²) in [6, 6.07) is 0. The Morgan fingerprint density at radius 2 is 1.53 bits per heavy atom. The molecule has 0 bridgehead atoms. The van der Waals surface area contributed by atoms with Crippen LogP contribution in [-0.4, -0.2) is 46.1 Å². The molecule has 0 aromatic heterocycles. The monoisotopic (exact) mass is 232 g/mol. The fraction of sp³-hybridized carbons (Fsp3) is 1.00. The first kappa shape index (κ1) is 15.1. The van der Waals surface area contributed by atoms with Gasteiger partial charge in [-0.2, -0.15) is 0 Å². The van der Waals surface area contributed by atoms with Crippen molar-refractivity contribution in [2.24, 2.45) is 0 Å². The maximum atomic E-state index is 5.10. The van der Waals surface area contributed by atoms with Gasteiger partial charge in [-0.15, -0.1) is 0 Å². The molecular formula is C11H28N2OSi. The number of nitrogens with one attached hydrogen (secondary N) is 1. The highest BCUT2D eigenvalue weighted by molar-refractivity contribution is 6.23. The van der Waals surface area contributed by atoms with Gasteiger partial charge in [0.2, 0.25) is 9.92 Å². The summed E-state index contributed by atoms with van der Waals surface area (Å²) in [5, 5.41) is 0. The van der Waals surface area contributed by atoms with Crippen LogP contribution in [0.1, 0.15) is 41.5 Å². The van der Waals surface area contributed by atoms with Crippen LogP contribution in [0.5, 0.6) is 0 Å². The molecule has 0 aliphatic heterocycles. The Labute approximate surface area is 97.6 Å². The molecule has 4 heteroatoms. The zero-order valence-electron chi connectivity index (χ0n) is 11.5. The summed E-state index contributed by atoms with van der Waals surface area (Å²) in [5.41, 5.74) is 0.434. The van der Waals surface area contributed by atoms with E-state index in [1.807, 2.05) is 0 Å². The second-order valence-corrected chi connectivity index (χ2v) is 7.29. The fourth-order valence-electron chi connectivity index (χ4n) is 2.04. The van der Waals surface area contributed by atoms with Gasteiger partial charge in [0.15, 0.2) is 0 Å². The van der Waals surface area contributed by atoms with Crippen molar-refractivity contribution >= 4 is 9.92 Å². The molecule has 0 radical (unpaired) electrons. The van der Waals surface area contributed by atoms with Gasteiger partial charge >= 0.3 is 0 Å². The molecule has 0 aliphatic carbocycles. The van der Waals surface area contributed by atoms with E-state index in [4.69, 9.17) is 4.43 Å². The average molecular weight is 232 g/mol. The number of nitrogens with zero attached hydrogens (tertiary/aromatic N) is 1. The molecular weight excluding hydrogens is 204 g/mol. The Kier molecular flexibility index (Phi) is 6.03. The van der Waals surface area contributed by atoms with Gasteiger partial charge in [-0.05, 0) is 41.5 Å². The molecule has 0 aromatic rings. The van der Waals surface area contributed by atoms with Gasteiger partial charge in [0.25, 0.3) is 0 Å². The fourth-order valence-corrected chi connectivity index (χ4v) is 2.55. The SMILES string of the molecule is CO[SiH2]NCCN(C(C)(C)C)C(C)(C)C. The molecule has 0 saturated carbocycles. The second-order valence-electron chi connectivity index (χ2n) is 5.93. The predicted molar refractivity (Wildman–Crippen MR) is 69.8 cm³/mol. The summed E-state index contributed by atoms with van der Waals surface area (Å²) >= 11 is 0. The Hall–Kier alpha value is 0.0969. The lowest BCUT2D eigenvalue weighted by Crippen LogP contribution is -2.54. The van der Waals surface area contributed by atoms with Crippen molar-refractivity contribution in [3.63, 3.8) is 0 Å². The van der Waals surface area contributed by atoms with Crippen molar-refractivity contribution in [2.75, 3.05) is 20.2 Å². The maximum absolute atomic E-state index is 5.10. The van der Waals surface area contributed by atoms with Gasteiger partial charge in [0.05, 0.1) is 0 Å². The first-order valence-corrected chi connectivity index (χ1v) is 6.95. The van der Waals surface area contributed by atoms with Crippen molar-refractivity contribution in [3.8, 4) is 0 Å². The minimum atomic E-state index is -0.486. The van der Waals surface area contributed by atoms with E-state index in [-0.39, 0.29) is 11.1 Å². The molecule has 0 unspecified atom stereocenters. The lowest BCUT2D eigenvalue weighted by atomic mass is 9.96. The second kappa shape index (κ2) is 5.99. The lowest BCUT2D eigenvalue weighted by Gasteiger charge is -2.45. The maximum Gasteiger partial charge on any atom is 0.235 e. The molecule has 92 valence electrons. The molecule has 0 amide bonds. The van der Waals surface area contributed by atoms with Crippen molar-refractivity contribution < 1.29 is 4.43 Å². The van der Waals surface area contributed by atoms with Crippen molar-refractivity contribution in [3.05, 3.63) is 0 Å². The van der Waals surface area contributed by atoms with Crippen LogP contribution in [0.3, 0.4) is 0 Å². The quantitative estimate of drug-likeness (QED) is 0.568. The van der Waals surface area contributed by atoms with Crippen LogP contribution in [0.2, 0.25) is 0 Å². The Bertz CT molecular complexity index is 158. The molecule has 0 rings (SSSR count). The van der Waals surface area contributed by atoms with Crippen molar-refractivity contribution in [1.82, 2.24) is 9.88 Å². The molecule has 0 saturated heterocycles. The van der Waals surface area contributed by atoms with Crippen LogP contribution in [0.15, 0.2) is 0 Å². The predicted octanol–water partition coefficient (Wildman–Crippen LogP) is 1.12. The summed E-state index contributed by atoms with van der Waals surface area (Å²) in [7, 11) is 1.28. The van der Waals surface area contributed by atoms with Crippen molar-refractivity contribution in [1.29, 1.82) is 0 Å². The molecule has 0 heterocycles. The normalized spacial score (nSPS) is 14.4. The third kappa shape index (κ3) is 6.30. The number of hydrogen-bond donors (Lipinski definition) is 1. The molecule has 0 atom stereocenters. The summed E-state index contributed by atoms with van der Waals surface area (Å²) in [6.07, 6.45) is 0. The van der Waals surface area contributed by atoms with Crippen LogP contribution in [0.4, 0.5) is 0 Å². The summed E-state index contributed by atoms with van der Waals surface area (Å²) in [4.78, 5) is 5.91. The van der Waals surface area contributed by atoms with E-state index in [1.54, 1.807) is 7.11 Å². The summed E-state index contributed by atoms with van der Waals surface area (Å²) in [5.74, 6) is 0. The van der Waals surface area contributed by atoms with E-state index < -0.39 is 9.92 Å². The van der Waals surface area contributed by atoms with E-state index in [0.29, 0.717) is 0 Å². The third-order valence-corrected chi connectivity index (χ3v) is 3.22. The topological polar surface area (TPSA) is 24.5 Å². The molecule has 0 aromatic carbocycles. The molecule has 0 spiro atoms. The van der Waals surface area contributed by atoms with Crippen LogP contribution in [0, 0.1) is 0 Å². The molecule has 0 fully saturated rings. The molecule has 3 nitrogen and oxygen atoms in total. The van der Waals surface area contributed by atoms with Gasteiger partial charge in [-0.1, -0.05) is 0 Å². The molecule has 0 aliphatic rings. The summed E-state index contributed by atoms with van der Waals surface area (Å²) < 4.78 is 5.10. The zero-order chi connectivity index (χ0) is 12.1. The Morgan fingerprint density at radius 1 is 1.07 bits per heavy atom. The van der Waals surface area contributed by atoms with E-state index in [0.717, 1.165) is 13.1 Å². The third-order valence-electron chi connectivity index (χ3n) is 2.38. The van der Waals surface area contributed by atoms with Gasteiger partial charge in [0.1, 0.15) is 0 Å². The average Bonchev–Trinajstić information content (AvgIpc) is 1.99. The molecule has 1 N–H and O–H groups in total. The Morgan fingerprint density at radius 3 is 1.87 bits per heavy atom. The molecule has 15 heavy (non-hydrogen) atoms. The lowest BCUT2D eigenvalue weighted by molar-refractivity contribution is 0.0408. The van der Waals surface area contributed by atoms with E-state index in [9.17, 15) is 0 Å². The van der Waals surface area contributed by atoms with Gasteiger partial charge < -0.3 is 9.41 Å². The van der Waals surface area contributed by atoms with E-state index >= 15 is 0 Å². The van der Waals surface area contributed by atoms with Crippen LogP contribution < -0.4 is 4.98 Å². The van der Waals surface area contributed by atoms with Crippen molar-refractivity contribution in [2.45, 2.75) is 52.6 Å². The highest BCUT2D eigenvalue weighted by Gasteiger charge is 2.30. The standard InChI is InChI=1S/C11H28N2OSi/c1-10(2,3)13(11(4,5)6)9-8-12-15-14-7/h12H,8-9,15H2,1-7H3. The first-order valence-electron chi connectivity index (χ1n) is 5.67. The number of hydrogen-bond acceptors (Lipinski definition) is 3. The summed E-state index contributed by atoms with van der Waals surface area (Å²) in [6.45, 7) is 15.7. The highest BCUT2D eigenvalue weighted by atomic mass is 28.2. The van der Waals surface area contributed by atoms with Gasteiger partial charge in [-0.25, -0.2) is 0 Å². The van der Waals surface area contributed by atoms with Crippen LogP contribution >= 0.6 is 0 Å². The zero-order valence-corrected chi connectivity index (χ0v) is 12.9.